The number of aromatic nitrogens is 2. The summed E-state index contributed by atoms with van der Waals surface area (Å²) in [5, 5.41) is 0.142. The first-order chi connectivity index (χ1) is 15.9. The van der Waals surface area contributed by atoms with Crippen LogP contribution in [-0.4, -0.2) is 20.7 Å². The molecule has 10 heteroatoms. The molecule has 2 heterocycles. The molecule has 0 bridgehead atoms. The maximum absolute atomic E-state index is 14.1. The number of ether oxygens (including phenoxy) is 1. The molecule has 0 saturated heterocycles. The zero-order valence-corrected chi connectivity index (χ0v) is 20.1. The van der Waals surface area contributed by atoms with Crippen molar-refractivity contribution in [2.45, 2.75) is 59.2 Å². The number of nitrogens with zero attached hydrogens (tertiary/aromatic N) is 2. The second kappa shape index (κ2) is 10.0. The first-order valence-corrected chi connectivity index (χ1v) is 11.5. The van der Waals surface area contributed by atoms with Crippen molar-refractivity contribution in [3.8, 4) is 0 Å². The SMILES string of the molecule is Cc1c(C(=O)OC(C)(C)C)sc2c1c(=O)n(CCc1ccccc1F)c(=O)n2CCC=C(F)F. The second-order valence-corrected chi connectivity index (χ2v) is 9.75. The van der Waals surface area contributed by atoms with E-state index in [1.54, 1.807) is 39.8 Å². The molecule has 2 aromatic heterocycles. The number of carbonyl (C=O) groups is 1. The van der Waals surface area contributed by atoms with E-state index in [4.69, 9.17) is 4.74 Å². The summed E-state index contributed by atoms with van der Waals surface area (Å²) in [7, 11) is 0. The minimum absolute atomic E-state index is 0.0778. The summed E-state index contributed by atoms with van der Waals surface area (Å²) < 4.78 is 46.9. The van der Waals surface area contributed by atoms with E-state index in [1.165, 1.54) is 16.7 Å². The summed E-state index contributed by atoms with van der Waals surface area (Å²) in [6, 6.07) is 6.03. The third-order valence-electron chi connectivity index (χ3n) is 5.09. The first-order valence-electron chi connectivity index (χ1n) is 10.7. The number of fused-ring (bicyclic) bond motifs is 1. The van der Waals surface area contributed by atoms with Crippen LogP contribution in [0.3, 0.4) is 0 Å². The van der Waals surface area contributed by atoms with E-state index < -0.39 is 34.7 Å². The molecule has 3 aromatic rings. The average Bonchev–Trinajstić information content (AvgIpc) is 3.07. The number of aryl methyl sites for hydroxylation is 3. The molecule has 6 nitrogen and oxygen atoms in total. The molecule has 0 aliphatic carbocycles. The van der Waals surface area contributed by atoms with Gasteiger partial charge >= 0.3 is 11.7 Å². The Kier molecular flexibility index (Phi) is 7.50. The Morgan fingerprint density at radius 3 is 2.41 bits per heavy atom. The van der Waals surface area contributed by atoms with E-state index in [-0.39, 0.29) is 41.0 Å². The second-order valence-electron chi connectivity index (χ2n) is 8.75. The fourth-order valence-electron chi connectivity index (χ4n) is 3.54. The van der Waals surface area contributed by atoms with Crippen molar-refractivity contribution in [2.24, 2.45) is 0 Å². The van der Waals surface area contributed by atoms with Gasteiger partial charge in [-0.05, 0) is 63.8 Å². The van der Waals surface area contributed by atoms with Gasteiger partial charge in [0.2, 0.25) is 0 Å². The highest BCUT2D eigenvalue weighted by molar-refractivity contribution is 7.20. The Morgan fingerprint density at radius 2 is 1.79 bits per heavy atom. The predicted octanol–water partition coefficient (Wildman–Crippen LogP) is 5.04. The van der Waals surface area contributed by atoms with Gasteiger partial charge < -0.3 is 4.74 Å². The van der Waals surface area contributed by atoms with Crippen LogP contribution in [-0.2, 0) is 24.2 Å². The number of halogens is 3. The smallest absolute Gasteiger partial charge is 0.349 e. The van der Waals surface area contributed by atoms with Crippen molar-refractivity contribution in [1.29, 1.82) is 0 Å². The fraction of sp³-hybridized carbons (Fsp3) is 0.375. The molecule has 0 unspecified atom stereocenters. The van der Waals surface area contributed by atoms with Gasteiger partial charge in [0.25, 0.3) is 11.6 Å². The summed E-state index contributed by atoms with van der Waals surface area (Å²) in [6.07, 6.45) is -1.27. The summed E-state index contributed by atoms with van der Waals surface area (Å²) in [6.45, 7) is 6.46. The number of carbonyl (C=O) groups excluding carboxylic acids is 1. The van der Waals surface area contributed by atoms with Gasteiger partial charge in [0.15, 0.2) is 0 Å². The minimum Gasteiger partial charge on any atom is -0.456 e. The molecule has 0 amide bonds. The Hall–Kier alpha value is -3.14. The molecule has 0 radical (unpaired) electrons. The number of allylic oxidation sites excluding steroid dienone is 1. The molecule has 182 valence electrons. The highest BCUT2D eigenvalue weighted by Gasteiger charge is 2.26. The minimum atomic E-state index is -1.88. The molecule has 0 aliphatic rings. The number of benzene rings is 1. The third-order valence-corrected chi connectivity index (χ3v) is 6.39. The van der Waals surface area contributed by atoms with Crippen LogP contribution in [0.2, 0.25) is 0 Å². The van der Waals surface area contributed by atoms with Crippen molar-refractivity contribution >= 4 is 27.5 Å². The lowest BCUT2D eigenvalue weighted by molar-refractivity contribution is 0.00746. The summed E-state index contributed by atoms with van der Waals surface area (Å²) >= 11 is 0.919. The van der Waals surface area contributed by atoms with Crippen molar-refractivity contribution in [3.63, 3.8) is 0 Å². The number of rotatable bonds is 7. The van der Waals surface area contributed by atoms with Gasteiger partial charge in [-0.15, -0.1) is 11.3 Å². The number of esters is 1. The molecule has 0 atom stereocenters. The van der Waals surface area contributed by atoms with E-state index in [2.05, 4.69) is 0 Å². The average molecular weight is 495 g/mol. The predicted molar refractivity (Wildman–Crippen MR) is 125 cm³/mol. The summed E-state index contributed by atoms with van der Waals surface area (Å²) in [5.41, 5.74) is -1.43. The first kappa shape index (κ1) is 25.5. The largest absolute Gasteiger partial charge is 0.456 e. The molecule has 3 rings (SSSR count). The van der Waals surface area contributed by atoms with E-state index in [0.29, 0.717) is 17.2 Å². The van der Waals surface area contributed by atoms with Gasteiger partial charge in [0, 0.05) is 13.1 Å². The van der Waals surface area contributed by atoms with Gasteiger partial charge in [0.05, 0.1) is 5.39 Å². The number of thiophene rings is 1. The zero-order valence-electron chi connectivity index (χ0n) is 19.3. The number of hydrogen-bond donors (Lipinski definition) is 0. The van der Waals surface area contributed by atoms with Crippen LogP contribution in [0.4, 0.5) is 13.2 Å². The van der Waals surface area contributed by atoms with Crippen LogP contribution in [0.5, 0.6) is 0 Å². The zero-order chi connectivity index (χ0) is 25.2. The van der Waals surface area contributed by atoms with E-state index in [9.17, 15) is 27.6 Å². The Labute approximate surface area is 197 Å². The van der Waals surface area contributed by atoms with Crippen LogP contribution < -0.4 is 11.2 Å². The highest BCUT2D eigenvalue weighted by Crippen LogP contribution is 2.30. The van der Waals surface area contributed by atoms with Gasteiger partial charge in [-0.3, -0.25) is 13.9 Å². The molecular formula is C24H25F3N2O4S. The summed E-state index contributed by atoms with van der Waals surface area (Å²) in [5.74, 6) is -1.10. The van der Waals surface area contributed by atoms with Crippen molar-refractivity contribution in [3.05, 3.63) is 79.1 Å². The van der Waals surface area contributed by atoms with Crippen LogP contribution in [0.15, 0.2) is 46.0 Å². The quantitative estimate of drug-likeness (QED) is 0.432. The van der Waals surface area contributed by atoms with Gasteiger partial charge in [-0.25, -0.2) is 14.0 Å². The fourth-order valence-corrected chi connectivity index (χ4v) is 4.74. The lowest BCUT2D eigenvalue weighted by Gasteiger charge is -2.19. The Balaban J connectivity index is 2.16. The highest BCUT2D eigenvalue weighted by atomic mass is 32.1. The van der Waals surface area contributed by atoms with Crippen molar-refractivity contribution in [1.82, 2.24) is 9.13 Å². The standard InChI is InChI=1S/C24H25F3N2O4S/c1-14-18-20(30)28(13-11-15-8-5-6-9-16(15)25)23(32)29(12-7-10-17(26)27)21(18)34-19(14)22(31)33-24(2,3)4/h5-6,8-10H,7,11-13H2,1-4H3. The van der Waals surface area contributed by atoms with Gasteiger partial charge in [-0.2, -0.15) is 8.78 Å². The van der Waals surface area contributed by atoms with E-state index in [1.807, 2.05) is 0 Å². The molecule has 34 heavy (non-hydrogen) atoms. The Morgan fingerprint density at radius 1 is 1.12 bits per heavy atom. The summed E-state index contributed by atoms with van der Waals surface area (Å²) in [4.78, 5) is 39.6. The maximum atomic E-state index is 14.1. The normalized spacial score (nSPS) is 11.6. The topological polar surface area (TPSA) is 70.3 Å². The molecule has 0 saturated carbocycles. The molecule has 0 spiro atoms. The van der Waals surface area contributed by atoms with Gasteiger partial charge in [0.1, 0.15) is 21.1 Å². The monoisotopic (exact) mass is 494 g/mol. The lowest BCUT2D eigenvalue weighted by atomic mass is 10.1. The van der Waals surface area contributed by atoms with Crippen molar-refractivity contribution in [2.75, 3.05) is 0 Å². The maximum Gasteiger partial charge on any atom is 0.349 e. The molecule has 1 aromatic carbocycles. The van der Waals surface area contributed by atoms with E-state index in [0.717, 1.165) is 15.9 Å². The lowest BCUT2D eigenvalue weighted by Crippen LogP contribution is -2.40. The van der Waals surface area contributed by atoms with Crippen molar-refractivity contribution < 1.29 is 22.7 Å². The molecule has 0 aliphatic heterocycles. The van der Waals surface area contributed by atoms with Crippen LogP contribution >= 0.6 is 11.3 Å². The van der Waals surface area contributed by atoms with Crippen LogP contribution in [0.25, 0.3) is 10.2 Å². The van der Waals surface area contributed by atoms with Crippen LogP contribution in [0, 0.1) is 12.7 Å². The molecule has 0 N–H and O–H groups in total. The third kappa shape index (κ3) is 5.49. The molecular weight excluding hydrogens is 469 g/mol. The number of hydrogen-bond acceptors (Lipinski definition) is 5. The van der Waals surface area contributed by atoms with Gasteiger partial charge in [-0.1, -0.05) is 18.2 Å². The Bertz CT molecular complexity index is 1380. The van der Waals surface area contributed by atoms with Crippen LogP contribution in [0.1, 0.15) is 48.0 Å². The molecule has 0 fully saturated rings. The van der Waals surface area contributed by atoms with E-state index >= 15 is 0 Å².